The van der Waals surface area contributed by atoms with Crippen LogP contribution in [-0.2, 0) is 11.3 Å². The van der Waals surface area contributed by atoms with E-state index in [9.17, 15) is 4.79 Å². The van der Waals surface area contributed by atoms with Gasteiger partial charge in [0.25, 0.3) is 5.91 Å². The van der Waals surface area contributed by atoms with Crippen LogP contribution in [0.3, 0.4) is 0 Å². The number of rotatable bonds is 10. The van der Waals surface area contributed by atoms with Crippen LogP contribution in [0.2, 0.25) is 0 Å². The molecule has 0 saturated carbocycles. The number of carbonyl (C=O) groups is 1. The molecule has 0 saturated heterocycles. The van der Waals surface area contributed by atoms with Crippen LogP contribution in [0.15, 0.2) is 18.2 Å². The minimum absolute atomic E-state index is 0.127. The second kappa shape index (κ2) is 9.20. The minimum atomic E-state index is -0.489. The average molecular weight is 280 g/mol. The van der Waals surface area contributed by atoms with Gasteiger partial charge >= 0.3 is 0 Å². The van der Waals surface area contributed by atoms with Crippen molar-refractivity contribution in [3.63, 3.8) is 0 Å². The number of hydrogen-bond acceptors (Lipinski definition) is 4. The van der Waals surface area contributed by atoms with E-state index in [1.54, 1.807) is 0 Å². The third kappa shape index (κ3) is 5.93. The standard InChI is InChI=1S/C15H24N2O3/c1-3-7-17-10-12-5-6-13(19-8-4-2)9-14(12)20-11-15(16)18/h5-6,9,17H,3-4,7-8,10-11H2,1-2H3,(H2,16,18). The fraction of sp³-hybridized carbons (Fsp3) is 0.533. The van der Waals surface area contributed by atoms with Crippen molar-refractivity contribution in [3.05, 3.63) is 23.8 Å². The van der Waals surface area contributed by atoms with Crippen molar-refractivity contribution in [1.29, 1.82) is 0 Å². The number of carbonyl (C=O) groups excluding carboxylic acids is 1. The van der Waals surface area contributed by atoms with Gasteiger partial charge in [-0.2, -0.15) is 0 Å². The molecule has 0 aliphatic heterocycles. The average Bonchev–Trinajstić information content (AvgIpc) is 2.44. The van der Waals surface area contributed by atoms with Gasteiger partial charge < -0.3 is 20.5 Å². The van der Waals surface area contributed by atoms with Crippen molar-refractivity contribution >= 4 is 5.91 Å². The van der Waals surface area contributed by atoms with Crippen molar-refractivity contribution in [2.24, 2.45) is 5.73 Å². The van der Waals surface area contributed by atoms with Gasteiger partial charge in [0.1, 0.15) is 11.5 Å². The molecule has 3 N–H and O–H groups in total. The van der Waals surface area contributed by atoms with Gasteiger partial charge in [0.2, 0.25) is 0 Å². The van der Waals surface area contributed by atoms with E-state index >= 15 is 0 Å². The van der Waals surface area contributed by atoms with Crippen LogP contribution in [0.1, 0.15) is 32.3 Å². The van der Waals surface area contributed by atoms with Gasteiger partial charge in [-0.05, 0) is 25.5 Å². The maximum absolute atomic E-state index is 10.9. The maximum Gasteiger partial charge on any atom is 0.255 e. The summed E-state index contributed by atoms with van der Waals surface area (Å²) in [5, 5.41) is 3.31. The van der Waals surface area contributed by atoms with E-state index in [0.29, 0.717) is 18.9 Å². The summed E-state index contributed by atoms with van der Waals surface area (Å²) in [5.74, 6) is 0.893. The first-order chi connectivity index (χ1) is 9.67. The van der Waals surface area contributed by atoms with Crippen molar-refractivity contribution in [2.45, 2.75) is 33.2 Å². The molecule has 0 atom stereocenters. The van der Waals surface area contributed by atoms with Gasteiger partial charge in [0.15, 0.2) is 6.61 Å². The smallest absolute Gasteiger partial charge is 0.255 e. The molecule has 0 fully saturated rings. The van der Waals surface area contributed by atoms with Crippen LogP contribution < -0.4 is 20.5 Å². The Bertz CT molecular complexity index is 422. The zero-order chi connectivity index (χ0) is 14.8. The minimum Gasteiger partial charge on any atom is -0.493 e. The monoisotopic (exact) mass is 280 g/mol. The second-order valence-electron chi connectivity index (χ2n) is 4.55. The van der Waals surface area contributed by atoms with Crippen LogP contribution >= 0.6 is 0 Å². The highest BCUT2D eigenvalue weighted by Crippen LogP contribution is 2.25. The summed E-state index contributed by atoms with van der Waals surface area (Å²) >= 11 is 0. The molecule has 0 unspecified atom stereocenters. The first-order valence-electron chi connectivity index (χ1n) is 7.04. The van der Waals surface area contributed by atoms with E-state index in [0.717, 1.165) is 30.7 Å². The Labute approximate surface area is 120 Å². The molecule has 0 aliphatic carbocycles. The highest BCUT2D eigenvalue weighted by molar-refractivity contribution is 5.75. The number of hydrogen-bond donors (Lipinski definition) is 2. The van der Waals surface area contributed by atoms with E-state index in [1.165, 1.54) is 0 Å². The Morgan fingerprint density at radius 2 is 2.05 bits per heavy atom. The van der Waals surface area contributed by atoms with Gasteiger partial charge in [-0.15, -0.1) is 0 Å². The Hall–Kier alpha value is -1.75. The predicted octanol–water partition coefficient (Wildman–Crippen LogP) is 1.84. The van der Waals surface area contributed by atoms with Crippen LogP contribution in [-0.4, -0.2) is 25.7 Å². The van der Waals surface area contributed by atoms with Gasteiger partial charge in [0.05, 0.1) is 6.61 Å². The van der Waals surface area contributed by atoms with Crippen LogP contribution in [0.25, 0.3) is 0 Å². The number of nitrogens with one attached hydrogen (secondary N) is 1. The number of ether oxygens (including phenoxy) is 2. The second-order valence-corrected chi connectivity index (χ2v) is 4.55. The van der Waals surface area contributed by atoms with Gasteiger partial charge in [-0.25, -0.2) is 0 Å². The Morgan fingerprint density at radius 1 is 1.25 bits per heavy atom. The Kier molecular flexibility index (Phi) is 7.50. The first kappa shape index (κ1) is 16.3. The third-order valence-electron chi connectivity index (χ3n) is 2.62. The van der Waals surface area contributed by atoms with E-state index in [1.807, 2.05) is 25.1 Å². The molecule has 0 aromatic heterocycles. The van der Waals surface area contributed by atoms with E-state index in [4.69, 9.17) is 15.2 Å². The van der Waals surface area contributed by atoms with Crippen LogP contribution in [0, 0.1) is 0 Å². The highest BCUT2D eigenvalue weighted by Gasteiger charge is 2.07. The number of nitrogens with two attached hydrogens (primary N) is 1. The summed E-state index contributed by atoms with van der Waals surface area (Å²) in [6, 6.07) is 5.67. The molecule has 1 aromatic carbocycles. The van der Waals surface area contributed by atoms with Gasteiger partial charge in [0, 0.05) is 18.2 Å². The maximum atomic E-state index is 10.9. The largest absolute Gasteiger partial charge is 0.493 e. The van der Waals surface area contributed by atoms with Crippen molar-refractivity contribution in [2.75, 3.05) is 19.8 Å². The summed E-state index contributed by atoms with van der Waals surface area (Å²) in [5.41, 5.74) is 6.11. The zero-order valence-corrected chi connectivity index (χ0v) is 12.3. The lowest BCUT2D eigenvalue weighted by molar-refractivity contribution is -0.119. The molecule has 1 aromatic rings. The molecule has 5 heteroatoms. The quantitative estimate of drug-likeness (QED) is 0.641. The lowest BCUT2D eigenvalue weighted by Crippen LogP contribution is -2.21. The molecule has 0 aliphatic rings. The molecule has 1 amide bonds. The fourth-order valence-corrected chi connectivity index (χ4v) is 1.67. The molecule has 0 radical (unpaired) electrons. The van der Waals surface area contributed by atoms with E-state index < -0.39 is 5.91 Å². The predicted molar refractivity (Wildman–Crippen MR) is 78.9 cm³/mol. The molecule has 0 heterocycles. The molecule has 112 valence electrons. The normalized spacial score (nSPS) is 10.3. The topological polar surface area (TPSA) is 73.6 Å². The molecule has 1 rings (SSSR count). The zero-order valence-electron chi connectivity index (χ0n) is 12.3. The van der Waals surface area contributed by atoms with E-state index in [-0.39, 0.29) is 6.61 Å². The fourth-order valence-electron chi connectivity index (χ4n) is 1.67. The van der Waals surface area contributed by atoms with Crippen molar-refractivity contribution in [1.82, 2.24) is 5.32 Å². The Balaban J connectivity index is 2.76. The molecular formula is C15H24N2O3. The number of primary amides is 1. The lowest BCUT2D eigenvalue weighted by Gasteiger charge is -2.13. The molecule has 20 heavy (non-hydrogen) atoms. The molecule has 0 bridgehead atoms. The van der Waals surface area contributed by atoms with Crippen LogP contribution in [0.4, 0.5) is 0 Å². The lowest BCUT2D eigenvalue weighted by atomic mass is 10.2. The summed E-state index contributed by atoms with van der Waals surface area (Å²) in [4.78, 5) is 10.9. The van der Waals surface area contributed by atoms with E-state index in [2.05, 4.69) is 12.2 Å². The van der Waals surface area contributed by atoms with Crippen LogP contribution in [0.5, 0.6) is 11.5 Å². The summed E-state index contributed by atoms with van der Waals surface area (Å²) in [6.07, 6.45) is 2.01. The first-order valence-corrected chi connectivity index (χ1v) is 7.04. The summed E-state index contributed by atoms with van der Waals surface area (Å²) < 4.78 is 11.0. The number of amides is 1. The van der Waals surface area contributed by atoms with Gasteiger partial charge in [-0.1, -0.05) is 19.9 Å². The molecular weight excluding hydrogens is 256 g/mol. The highest BCUT2D eigenvalue weighted by atomic mass is 16.5. The summed E-state index contributed by atoms with van der Waals surface area (Å²) in [6.45, 7) is 6.31. The SMILES string of the molecule is CCCNCc1ccc(OCCC)cc1OCC(N)=O. The van der Waals surface area contributed by atoms with Crippen molar-refractivity contribution in [3.8, 4) is 11.5 Å². The summed E-state index contributed by atoms with van der Waals surface area (Å²) in [7, 11) is 0. The molecule has 5 nitrogen and oxygen atoms in total. The third-order valence-corrected chi connectivity index (χ3v) is 2.62. The Morgan fingerprint density at radius 3 is 2.70 bits per heavy atom. The number of benzene rings is 1. The molecule has 0 spiro atoms. The van der Waals surface area contributed by atoms with Gasteiger partial charge in [-0.3, -0.25) is 4.79 Å². The van der Waals surface area contributed by atoms with Crippen molar-refractivity contribution < 1.29 is 14.3 Å².